The molecule has 8 heteroatoms. The van der Waals surface area contributed by atoms with Crippen LogP contribution in [0.25, 0.3) is 0 Å². The number of nitro groups is 1. The molecule has 1 aromatic heterocycles. The molecule has 2 N–H and O–H groups in total. The molecule has 25 heavy (non-hydrogen) atoms. The lowest BCUT2D eigenvalue weighted by atomic mass is 10.2. The summed E-state index contributed by atoms with van der Waals surface area (Å²) in [7, 11) is 0. The molecule has 0 spiro atoms. The summed E-state index contributed by atoms with van der Waals surface area (Å²) in [5.41, 5.74) is 0.828. The minimum absolute atomic E-state index is 0.000431. The van der Waals surface area contributed by atoms with E-state index in [1.54, 1.807) is 35.2 Å². The second kappa shape index (κ2) is 8.34. The normalized spacial score (nSPS) is 9.92. The van der Waals surface area contributed by atoms with Gasteiger partial charge in [-0.05, 0) is 18.2 Å². The minimum Gasteiger partial charge on any atom is -0.348 e. The number of hydrogen-bond acceptors (Lipinski definition) is 4. The van der Waals surface area contributed by atoms with Crippen LogP contribution in [0.4, 0.5) is 11.4 Å². The van der Waals surface area contributed by atoms with Gasteiger partial charge in [0.1, 0.15) is 5.56 Å². The Bertz CT molecular complexity index is 803. The zero-order chi connectivity index (χ0) is 18.2. The first-order chi connectivity index (χ1) is 12.0. The minimum atomic E-state index is -0.510. The Hall–Kier alpha value is -3.55. The van der Waals surface area contributed by atoms with Crippen molar-refractivity contribution in [1.29, 1.82) is 0 Å². The van der Waals surface area contributed by atoms with E-state index in [1.165, 1.54) is 24.3 Å². The van der Waals surface area contributed by atoms with Gasteiger partial charge in [-0.1, -0.05) is 6.08 Å². The van der Waals surface area contributed by atoms with E-state index in [4.69, 9.17) is 0 Å². The van der Waals surface area contributed by atoms with Gasteiger partial charge in [-0.15, -0.1) is 6.58 Å². The number of nitrogens with zero attached hydrogens (tertiary/aromatic N) is 2. The number of amides is 2. The van der Waals surface area contributed by atoms with E-state index >= 15 is 0 Å². The highest BCUT2D eigenvalue weighted by atomic mass is 16.6. The molecule has 0 bridgehead atoms. The monoisotopic (exact) mass is 341 g/mol. The van der Waals surface area contributed by atoms with E-state index in [2.05, 4.69) is 17.2 Å². The van der Waals surface area contributed by atoms with Gasteiger partial charge < -0.3 is 10.6 Å². The van der Waals surface area contributed by atoms with Gasteiger partial charge in [-0.3, -0.25) is 19.7 Å². The highest BCUT2D eigenvalue weighted by Gasteiger charge is 2.14. The van der Waals surface area contributed by atoms with Crippen molar-refractivity contribution in [3.63, 3.8) is 0 Å². The van der Waals surface area contributed by atoms with E-state index < -0.39 is 4.92 Å². The molecule has 1 aromatic carbocycles. The van der Waals surface area contributed by atoms with Crippen LogP contribution in [0.5, 0.6) is 0 Å². The number of non-ortho nitro benzene ring substituents is 1. The van der Waals surface area contributed by atoms with Crippen molar-refractivity contribution in [2.45, 2.75) is 6.54 Å². The maximum Gasteiger partial charge on any atom is 0.290 e. The average Bonchev–Trinajstić information content (AvgIpc) is 2.60. The molecule has 2 amide bonds. The molecule has 2 aromatic rings. The van der Waals surface area contributed by atoms with Gasteiger partial charge in [0, 0.05) is 30.4 Å². The quantitative estimate of drug-likeness (QED) is 0.344. The number of carbonyl (C=O) groups is 2. The smallest absolute Gasteiger partial charge is 0.290 e. The van der Waals surface area contributed by atoms with Crippen LogP contribution in [0, 0.1) is 10.1 Å². The molecular formula is C17H17N4O4+. The SMILES string of the molecule is C=CCNC(=O)c1ccc[n+](CC(=O)Nc2ccc([N+](=O)[O-])cc2)c1. The Kier molecular flexibility index (Phi) is 5.94. The standard InChI is InChI=1S/C17H16N4O4/c1-2-9-18-17(23)13-4-3-10-20(11-13)12-16(22)19-14-5-7-15(8-6-14)21(24)25/h2-8,10-11H,1,9,12H2,(H-,18,19,22,23)/p+1. The topological polar surface area (TPSA) is 105 Å². The number of benzene rings is 1. The van der Waals surface area contributed by atoms with Crippen molar-refractivity contribution >= 4 is 23.2 Å². The van der Waals surface area contributed by atoms with Crippen LogP contribution in [0.3, 0.4) is 0 Å². The van der Waals surface area contributed by atoms with Gasteiger partial charge in [0.05, 0.1) is 4.92 Å². The van der Waals surface area contributed by atoms with E-state index in [9.17, 15) is 19.7 Å². The lowest BCUT2D eigenvalue weighted by Crippen LogP contribution is -2.41. The molecule has 0 radical (unpaired) electrons. The fourth-order valence-electron chi connectivity index (χ4n) is 2.05. The largest absolute Gasteiger partial charge is 0.348 e. The fourth-order valence-corrected chi connectivity index (χ4v) is 2.05. The van der Waals surface area contributed by atoms with Crippen LogP contribution in [-0.4, -0.2) is 23.3 Å². The Morgan fingerprint density at radius 1 is 1.24 bits per heavy atom. The first kappa shape index (κ1) is 17.8. The average molecular weight is 341 g/mol. The van der Waals surface area contributed by atoms with Crippen molar-refractivity contribution < 1.29 is 19.1 Å². The zero-order valence-electron chi connectivity index (χ0n) is 13.3. The number of pyridine rings is 1. The molecule has 8 nitrogen and oxygen atoms in total. The highest BCUT2D eigenvalue weighted by molar-refractivity contribution is 5.93. The van der Waals surface area contributed by atoms with Gasteiger partial charge in [0.25, 0.3) is 17.5 Å². The third kappa shape index (κ3) is 5.24. The van der Waals surface area contributed by atoms with Gasteiger partial charge in [0.2, 0.25) is 6.54 Å². The number of anilines is 1. The van der Waals surface area contributed by atoms with Gasteiger partial charge in [-0.25, -0.2) is 0 Å². The molecule has 0 saturated heterocycles. The molecule has 0 aliphatic heterocycles. The first-order valence-electron chi connectivity index (χ1n) is 7.42. The maximum atomic E-state index is 12.1. The van der Waals surface area contributed by atoms with Crippen LogP contribution >= 0.6 is 0 Å². The number of carbonyl (C=O) groups excluding carboxylic acids is 2. The summed E-state index contributed by atoms with van der Waals surface area (Å²) < 4.78 is 1.57. The Labute approximate surface area is 143 Å². The third-order valence-corrected chi connectivity index (χ3v) is 3.22. The van der Waals surface area contributed by atoms with E-state index in [-0.39, 0.29) is 24.0 Å². The Balaban J connectivity index is 1.99. The summed E-state index contributed by atoms with van der Waals surface area (Å²) in [4.78, 5) is 34.1. The maximum absolute atomic E-state index is 12.1. The van der Waals surface area contributed by atoms with Crippen molar-refractivity contribution in [2.24, 2.45) is 0 Å². The van der Waals surface area contributed by atoms with Gasteiger partial charge >= 0.3 is 0 Å². The molecule has 0 fully saturated rings. The predicted molar refractivity (Wildman–Crippen MR) is 90.9 cm³/mol. The predicted octanol–water partition coefficient (Wildman–Crippen LogP) is 1.44. The summed E-state index contributed by atoms with van der Waals surface area (Å²) in [6, 6.07) is 8.85. The molecule has 2 rings (SSSR count). The van der Waals surface area contributed by atoms with Crippen molar-refractivity contribution in [3.8, 4) is 0 Å². The van der Waals surface area contributed by atoms with Gasteiger partial charge in [0.15, 0.2) is 12.4 Å². The summed E-state index contributed by atoms with van der Waals surface area (Å²) in [5.74, 6) is -0.576. The summed E-state index contributed by atoms with van der Waals surface area (Å²) in [5, 5.41) is 15.9. The summed E-state index contributed by atoms with van der Waals surface area (Å²) in [6.07, 6.45) is 4.81. The van der Waals surface area contributed by atoms with Crippen LogP contribution in [-0.2, 0) is 11.3 Å². The Morgan fingerprint density at radius 2 is 1.96 bits per heavy atom. The van der Waals surface area contributed by atoms with Crippen LogP contribution < -0.4 is 15.2 Å². The zero-order valence-corrected chi connectivity index (χ0v) is 13.3. The fraction of sp³-hybridized carbons (Fsp3) is 0.118. The van der Waals surface area contributed by atoms with Crippen LogP contribution in [0.15, 0.2) is 61.4 Å². The number of nitro benzene ring substituents is 1. The van der Waals surface area contributed by atoms with E-state index in [0.29, 0.717) is 17.8 Å². The highest BCUT2D eigenvalue weighted by Crippen LogP contribution is 2.15. The van der Waals surface area contributed by atoms with E-state index in [1.807, 2.05) is 0 Å². The van der Waals surface area contributed by atoms with Crippen LogP contribution in [0.1, 0.15) is 10.4 Å². The molecule has 1 heterocycles. The molecule has 0 aliphatic carbocycles. The van der Waals surface area contributed by atoms with Gasteiger partial charge in [-0.2, -0.15) is 4.57 Å². The number of aromatic nitrogens is 1. The molecular weight excluding hydrogens is 324 g/mol. The lowest BCUT2D eigenvalue weighted by Gasteiger charge is -2.04. The molecule has 0 atom stereocenters. The number of rotatable bonds is 7. The summed E-state index contributed by atoms with van der Waals surface area (Å²) >= 11 is 0. The third-order valence-electron chi connectivity index (χ3n) is 3.22. The molecule has 0 saturated carbocycles. The van der Waals surface area contributed by atoms with Crippen LogP contribution in [0.2, 0.25) is 0 Å². The van der Waals surface area contributed by atoms with Crippen molar-refractivity contribution in [1.82, 2.24) is 5.32 Å². The number of nitrogens with one attached hydrogen (secondary N) is 2. The van der Waals surface area contributed by atoms with E-state index in [0.717, 1.165) is 0 Å². The van der Waals surface area contributed by atoms with Crippen molar-refractivity contribution in [2.75, 3.05) is 11.9 Å². The molecule has 0 unspecified atom stereocenters. The second-order valence-electron chi connectivity index (χ2n) is 5.12. The molecule has 0 aliphatic rings. The summed E-state index contributed by atoms with van der Waals surface area (Å²) in [6.45, 7) is 3.88. The number of hydrogen-bond donors (Lipinski definition) is 2. The lowest BCUT2D eigenvalue weighted by molar-refractivity contribution is -0.684. The second-order valence-corrected chi connectivity index (χ2v) is 5.12. The first-order valence-corrected chi connectivity index (χ1v) is 7.42. The Morgan fingerprint density at radius 3 is 2.60 bits per heavy atom. The van der Waals surface area contributed by atoms with Crippen molar-refractivity contribution in [3.05, 3.63) is 77.1 Å². The molecule has 128 valence electrons.